The minimum atomic E-state index is 0. The van der Waals surface area contributed by atoms with Crippen molar-refractivity contribution in [3.05, 3.63) is 59.7 Å². The summed E-state index contributed by atoms with van der Waals surface area (Å²) in [6.07, 6.45) is 2.34. The minimum Gasteiger partial charge on any atom is -0.494 e. The predicted molar refractivity (Wildman–Crippen MR) is 138 cm³/mol. The second-order valence-corrected chi connectivity index (χ2v) is 7.43. The summed E-state index contributed by atoms with van der Waals surface area (Å²) in [5, 5.41) is 9.64. The van der Waals surface area contributed by atoms with Crippen molar-refractivity contribution in [2.45, 2.75) is 39.0 Å². The number of anilines is 1. The standard InChI is InChI=1S/C24H32N4O2.HI/c1-3-14-30-20-9-7-8-18(15-20)12-13-26-24(25-4-2)27-17-19-16-23(29)28-22-11-6-5-10-21(19)22;/h5-11,15,19H,3-4,12-14,16-17H2,1-2H3,(H,28,29)(H2,25,26,27);1H. The largest absolute Gasteiger partial charge is 0.494 e. The summed E-state index contributed by atoms with van der Waals surface area (Å²) in [6, 6.07) is 16.2. The van der Waals surface area contributed by atoms with Gasteiger partial charge in [0.05, 0.1) is 13.2 Å². The molecule has 31 heavy (non-hydrogen) atoms. The summed E-state index contributed by atoms with van der Waals surface area (Å²) in [6.45, 7) is 7.02. The molecule has 0 fully saturated rings. The lowest BCUT2D eigenvalue weighted by molar-refractivity contribution is -0.116. The van der Waals surface area contributed by atoms with E-state index in [1.54, 1.807) is 0 Å². The molecule has 1 atom stereocenters. The summed E-state index contributed by atoms with van der Waals surface area (Å²) in [4.78, 5) is 16.8. The second-order valence-electron chi connectivity index (χ2n) is 7.43. The van der Waals surface area contributed by atoms with E-state index in [9.17, 15) is 4.79 Å². The molecule has 1 unspecified atom stereocenters. The van der Waals surface area contributed by atoms with Crippen LogP contribution in [-0.4, -0.2) is 38.1 Å². The molecule has 2 aromatic carbocycles. The van der Waals surface area contributed by atoms with Gasteiger partial charge in [-0.25, -0.2) is 0 Å². The van der Waals surface area contributed by atoms with Crippen LogP contribution in [0.5, 0.6) is 5.75 Å². The summed E-state index contributed by atoms with van der Waals surface area (Å²) in [7, 11) is 0. The van der Waals surface area contributed by atoms with Gasteiger partial charge in [-0.3, -0.25) is 9.79 Å². The van der Waals surface area contributed by atoms with Gasteiger partial charge in [0.25, 0.3) is 0 Å². The number of amides is 1. The van der Waals surface area contributed by atoms with Crippen LogP contribution in [0.4, 0.5) is 5.69 Å². The van der Waals surface area contributed by atoms with E-state index in [2.05, 4.69) is 48.0 Å². The SMILES string of the molecule is CCCOc1cccc(CCNC(=NCC2CC(=O)Nc3ccccc32)NCC)c1.I. The second kappa shape index (κ2) is 13.2. The Labute approximate surface area is 202 Å². The molecule has 0 aromatic heterocycles. The number of benzene rings is 2. The molecule has 3 N–H and O–H groups in total. The van der Waals surface area contributed by atoms with Gasteiger partial charge in [0.2, 0.25) is 5.91 Å². The zero-order chi connectivity index (χ0) is 21.2. The monoisotopic (exact) mass is 536 g/mol. The molecular formula is C24H33IN4O2. The minimum absolute atomic E-state index is 0. The lowest BCUT2D eigenvalue weighted by atomic mass is 9.91. The topological polar surface area (TPSA) is 74.8 Å². The van der Waals surface area contributed by atoms with Crippen LogP contribution >= 0.6 is 24.0 Å². The van der Waals surface area contributed by atoms with Gasteiger partial charge in [0.1, 0.15) is 5.75 Å². The van der Waals surface area contributed by atoms with Crippen LogP contribution in [0.15, 0.2) is 53.5 Å². The summed E-state index contributed by atoms with van der Waals surface area (Å²) < 4.78 is 5.72. The summed E-state index contributed by atoms with van der Waals surface area (Å²) in [5.41, 5.74) is 3.28. The average Bonchev–Trinajstić information content (AvgIpc) is 2.76. The van der Waals surface area contributed by atoms with Crippen LogP contribution in [0, 0.1) is 0 Å². The Hall–Kier alpha value is -2.29. The zero-order valence-corrected chi connectivity index (χ0v) is 20.6. The number of nitrogens with zero attached hydrogens (tertiary/aromatic N) is 1. The van der Waals surface area contributed by atoms with E-state index >= 15 is 0 Å². The van der Waals surface area contributed by atoms with Gasteiger partial charge in [-0.1, -0.05) is 37.3 Å². The lowest BCUT2D eigenvalue weighted by Gasteiger charge is -2.24. The normalized spacial score (nSPS) is 15.4. The van der Waals surface area contributed by atoms with Crippen LogP contribution in [-0.2, 0) is 11.2 Å². The molecule has 7 heteroatoms. The number of hydrogen-bond donors (Lipinski definition) is 3. The highest BCUT2D eigenvalue weighted by Gasteiger charge is 2.24. The van der Waals surface area contributed by atoms with Gasteiger partial charge in [-0.15, -0.1) is 24.0 Å². The van der Waals surface area contributed by atoms with Gasteiger partial charge in [-0.2, -0.15) is 0 Å². The summed E-state index contributed by atoms with van der Waals surface area (Å²) in [5.74, 6) is 1.85. The fourth-order valence-electron chi connectivity index (χ4n) is 3.54. The number of halogens is 1. The summed E-state index contributed by atoms with van der Waals surface area (Å²) >= 11 is 0. The number of guanidine groups is 1. The van der Waals surface area contributed by atoms with Gasteiger partial charge < -0.3 is 20.7 Å². The third kappa shape index (κ3) is 7.72. The van der Waals surface area contributed by atoms with Crippen molar-refractivity contribution in [3.63, 3.8) is 0 Å². The molecule has 3 rings (SSSR count). The highest BCUT2D eigenvalue weighted by Crippen LogP contribution is 2.31. The van der Waals surface area contributed by atoms with Crippen LogP contribution in [0.2, 0.25) is 0 Å². The molecule has 0 saturated heterocycles. The Bertz CT molecular complexity index is 872. The number of rotatable bonds is 9. The van der Waals surface area contributed by atoms with Crippen LogP contribution < -0.4 is 20.7 Å². The van der Waals surface area contributed by atoms with Gasteiger partial charge in [0, 0.05) is 31.1 Å². The molecule has 1 aliphatic heterocycles. The molecule has 0 spiro atoms. The highest BCUT2D eigenvalue weighted by molar-refractivity contribution is 14.0. The first-order chi connectivity index (χ1) is 14.7. The van der Waals surface area contributed by atoms with E-state index in [1.165, 1.54) is 5.56 Å². The smallest absolute Gasteiger partial charge is 0.225 e. The van der Waals surface area contributed by atoms with Crippen molar-refractivity contribution in [1.82, 2.24) is 10.6 Å². The Kier molecular flexibility index (Phi) is 10.6. The maximum absolute atomic E-state index is 12.0. The first-order valence-electron chi connectivity index (χ1n) is 10.8. The first kappa shape index (κ1) is 25.0. The van der Waals surface area contributed by atoms with Gasteiger partial charge in [0.15, 0.2) is 5.96 Å². The quantitative estimate of drug-likeness (QED) is 0.254. The third-order valence-corrected chi connectivity index (χ3v) is 5.00. The van der Waals surface area contributed by atoms with E-state index in [0.717, 1.165) is 55.5 Å². The van der Waals surface area contributed by atoms with Crippen LogP contribution in [0.25, 0.3) is 0 Å². The van der Waals surface area contributed by atoms with Crippen LogP contribution in [0.1, 0.15) is 43.7 Å². The van der Waals surface area contributed by atoms with Crippen molar-refractivity contribution in [1.29, 1.82) is 0 Å². The maximum Gasteiger partial charge on any atom is 0.225 e. The Morgan fingerprint density at radius 1 is 1.16 bits per heavy atom. The number of para-hydroxylation sites is 1. The molecule has 1 heterocycles. The molecule has 0 radical (unpaired) electrons. The number of hydrogen-bond acceptors (Lipinski definition) is 3. The lowest BCUT2D eigenvalue weighted by Crippen LogP contribution is -2.38. The van der Waals surface area contributed by atoms with Crippen molar-refractivity contribution in [2.75, 3.05) is 31.6 Å². The number of carbonyl (C=O) groups is 1. The van der Waals surface area contributed by atoms with Crippen molar-refractivity contribution in [3.8, 4) is 5.75 Å². The average molecular weight is 536 g/mol. The molecule has 6 nitrogen and oxygen atoms in total. The molecule has 168 valence electrons. The van der Waals surface area contributed by atoms with Crippen LogP contribution in [0.3, 0.4) is 0 Å². The molecule has 1 aliphatic rings. The molecule has 0 saturated carbocycles. The van der Waals surface area contributed by atoms with Crippen molar-refractivity contribution >= 4 is 41.5 Å². The van der Waals surface area contributed by atoms with Crippen molar-refractivity contribution in [2.24, 2.45) is 4.99 Å². The maximum atomic E-state index is 12.0. The van der Waals surface area contributed by atoms with E-state index < -0.39 is 0 Å². The molecule has 0 bridgehead atoms. The Morgan fingerprint density at radius 3 is 2.81 bits per heavy atom. The van der Waals surface area contributed by atoms with E-state index in [-0.39, 0.29) is 35.8 Å². The van der Waals surface area contributed by atoms with Crippen molar-refractivity contribution < 1.29 is 9.53 Å². The third-order valence-electron chi connectivity index (χ3n) is 5.00. The number of ether oxygens (including phenoxy) is 1. The Balaban J connectivity index is 0.00000341. The van der Waals surface area contributed by atoms with Gasteiger partial charge >= 0.3 is 0 Å². The van der Waals surface area contributed by atoms with E-state index in [1.807, 2.05) is 30.3 Å². The number of carbonyl (C=O) groups excluding carboxylic acids is 1. The number of aliphatic imine (C=N–C) groups is 1. The Morgan fingerprint density at radius 2 is 2.00 bits per heavy atom. The number of fused-ring (bicyclic) bond motifs is 1. The molecule has 0 aliphatic carbocycles. The van der Waals surface area contributed by atoms with E-state index in [4.69, 9.17) is 9.73 Å². The van der Waals surface area contributed by atoms with Gasteiger partial charge in [-0.05, 0) is 49.1 Å². The predicted octanol–water partition coefficient (Wildman–Crippen LogP) is 4.32. The van der Waals surface area contributed by atoms with E-state index in [0.29, 0.717) is 13.0 Å². The fraction of sp³-hybridized carbons (Fsp3) is 0.417. The zero-order valence-electron chi connectivity index (χ0n) is 18.3. The highest BCUT2D eigenvalue weighted by atomic mass is 127. The first-order valence-corrected chi connectivity index (χ1v) is 10.8. The fourth-order valence-corrected chi connectivity index (χ4v) is 3.54. The molecule has 2 aromatic rings. The molecular weight excluding hydrogens is 503 g/mol. The molecule has 1 amide bonds. The number of nitrogens with one attached hydrogen (secondary N) is 3.